The molecule has 14 heavy (non-hydrogen) atoms. The molecule has 2 N–H and O–H groups in total. The molecule has 0 aromatic heterocycles. The van der Waals surface area contributed by atoms with Crippen molar-refractivity contribution >= 4 is 5.91 Å². The first-order valence-electron chi connectivity index (χ1n) is 5.14. The second kappa shape index (κ2) is 7.76. The highest BCUT2D eigenvalue weighted by Gasteiger charge is 2.11. The molecule has 0 aliphatic heterocycles. The van der Waals surface area contributed by atoms with Crippen LogP contribution in [-0.4, -0.2) is 47.3 Å². The number of rotatable bonds is 7. The fraction of sp³-hybridized carbons (Fsp3) is 0.900. The van der Waals surface area contributed by atoms with Gasteiger partial charge in [-0.1, -0.05) is 6.92 Å². The third-order valence-electron chi connectivity index (χ3n) is 2.16. The van der Waals surface area contributed by atoms with Gasteiger partial charge in [-0.05, 0) is 19.3 Å². The van der Waals surface area contributed by atoms with Gasteiger partial charge >= 0.3 is 0 Å². The topological polar surface area (TPSA) is 60.8 Å². The molecule has 0 rings (SSSR count). The van der Waals surface area contributed by atoms with Crippen LogP contribution in [0.25, 0.3) is 0 Å². The number of carbonyl (C=O) groups excluding carboxylic acids is 1. The summed E-state index contributed by atoms with van der Waals surface area (Å²) in [6, 6.07) is 0. The van der Waals surface area contributed by atoms with Crippen molar-refractivity contribution in [2.24, 2.45) is 0 Å². The summed E-state index contributed by atoms with van der Waals surface area (Å²) in [6.07, 6.45) is 2.15. The predicted octanol–water partition coefficient (Wildman–Crippen LogP) is 0.378. The third kappa shape index (κ3) is 5.94. The first-order valence-corrected chi connectivity index (χ1v) is 5.14. The Morgan fingerprint density at radius 3 is 2.57 bits per heavy atom. The Morgan fingerprint density at radius 2 is 2.07 bits per heavy atom. The van der Waals surface area contributed by atoms with Crippen molar-refractivity contribution in [1.82, 2.24) is 4.90 Å². The number of likely N-dealkylation sites (N-methyl/N-ethyl adjacent to an activating group) is 1. The van der Waals surface area contributed by atoms with E-state index in [1.807, 2.05) is 0 Å². The van der Waals surface area contributed by atoms with Crippen molar-refractivity contribution in [3.8, 4) is 0 Å². The lowest BCUT2D eigenvalue weighted by Gasteiger charge is -2.20. The van der Waals surface area contributed by atoms with Gasteiger partial charge in [0.2, 0.25) is 5.91 Å². The zero-order valence-electron chi connectivity index (χ0n) is 9.07. The third-order valence-corrected chi connectivity index (χ3v) is 2.16. The van der Waals surface area contributed by atoms with Crippen LogP contribution in [0.2, 0.25) is 0 Å². The van der Waals surface area contributed by atoms with Crippen LogP contribution >= 0.6 is 0 Å². The van der Waals surface area contributed by atoms with Gasteiger partial charge in [0.1, 0.15) is 0 Å². The Hall–Kier alpha value is -0.610. The smallest absolute Gasteiger partial charge is 0.222 e. The summed E-state index contributed by atoms with van der Waals surface area (Å²) in [5, 5.41) is 18.1. The highest BCUT2D eigenvalue weighted by Crippen LogP contribution is 2.02. The first-order chi connectivity index (χ1) is 6.61. The number of unbranched alkanes of at least 4 members (excludes halogenated alkanes) is 1. The van der Waals surface area contributed by atoms with Gasteiger partial charge in [-0.2, -0.15) is 0 Å². The molecule has 0 fully saturated rings. The Labute approximate surface area is 85.5 Å². The SMILES string of the molecule is CCC(=O)N(C)C[C@H](O)CCCCO. The normalized spacial score (nSPS) is 12.6. The van der Waals surface area contributed by atoms with Crippen LogP contribution in [0.4, 0.5) is 0 Å². The van der Waals surface area contributed by atoms with Crippen LogP contribution in [0.3, 0.4) is 0 Å². The van der Waals surface area contributed by atoms with Crippen molar-refractivity contribution in [3.63, 3.8) is 0 Å². The maximum Gasteiger partial charge on any atom is 0.222 e. The zero-order chi connectivity index (χ0) is 11.0. The molecular weight excluding hydrogens is 182 g/mol. The second-order valence-corrected chi connectivity index (χ2v) is 3.50. The van der Waals surface area contributed by atoms with E-state index in [9.17, 15) is 9.90 Å². The fourth-order valence-electron chi connectivity index (χ4n) is 1.27. The van der Waals surface area contributed by atoms with Crippen LogP contribution in [0.5, 0.6) is 0 Å². The quantitative estimate of drug-likeness (QED) is 0.588. The minimum absolute atomic E-state index is 0.0474. The van der Waals surface area contributed by atoms with E-state index in [0.29, 0.717) is 25.8 Å². The van der Waals surface area contributed by atoms with Crippen molar-refractivity contribution in [2.45, 2.75) is 38.7 Å². The highest BCUT2D eigenvalue weighted by molar-refractivity contribution is 5.75. The van der Waals surface area contributed by atoms with Gasteiger partial charge in [0.05, 0.1) is 6.10 Å². The van der Waals surface area contributed by atoms with E-state index in [-0.39, 0.29) is 12.5 Å². The number of nitrogens with zero attached hydrogens (tertiary/aromatic N) is 1. The van der Waals surface area contributed by atoms with Crippen LogP contribution in [0, 0.1) is 0 Å². The van der Waals surface area contributed by atoms with E-state index in [4.69, 9.17) is 5.11 Å². The molecule has 0 unspecified atom stereocenters. The summed E-state index contributed by atoms with van der Waals surface area (Å²) < 4.78 is 0. The van der Waals surface area contributed by atoms with Gasteiger partial charge in [0.15, 0.2) is 0 Å². The standard InChI is InChI=1S/C10H21NO3/c1-3-10(14)11(2)8-9(13)6-4-5-7-12/h9,12-13H,3-8H2,1-2H3/t9-/m1/s1. The molecule has 0 bridgehead atoms. The van der Waals surface area contributed by atoms with E-state index in [1.165, 1.54) is 0 Å². The number of amides is 1. The Bertz CT molecular complexity index is 161. The van der Waals surface area contributed by atoms with Crippen LogP contribution in [0.15, 0.2) is 0 Å². The summed E-state index contributed by atoms with van der Waals surface area (Å²) in [6.45, 7) is 2.35. The van der Waals surface area contributed by atoms with E-state index in [0.717, 1.165) is 6.42 Å². The number of hydrogen-bond acceptors (Lipinski definition) is 3. The Kier molecular flexibility index (Phi) is 7.42. The van der Waals surface area contributed by atoms with Crippen LogP contribution in [0.1, 0.15) is 32.6 Å². The molecule has 0 spiro atoms. The Morgan fingerprint density at radius 1 is 1.43 bits per heavy atom. The molecular formula is C10H21NO3. The summed E-state index contributed by atoms with van der Waals surface area (Å²) in [7, 11) is 1.70. The average Bonchev–Trinajstić information content (AvgIpc) is 2.16. The molecule has 84 valence electrons. The summed E-state index contributed by atoms with van der Waals surface area (Å²) in [5.41, 5.74) is 0. The van der Waals surface area contributed by atoms with Crippen molar-refractivity contribution < 1.29 is 15.0 Å². The van der Waals surface area contributed by atoms with E-state index in [2.05, 4.69) is 0 Å². The molecule has 0 aliphatic rings. The highest BCUT2D eigenvalue weighted by atomic mass is 16.3. The molecule has 0 aliphatic carbocycles. The van der Waals surface area contributed by atoms with Crippen LogP contribution in [-0.2, 0) is 4.79 Å². The van der Waals surface area contributed by atoms with Gasteiger partial charge in [-0.3, -0.25) is 4.79 Å². The monoisotopic (exact) mass is 203 g/mol. The summed E-state index contributed by atoms with van der Waals surface area (Å²) in [4.78, 5) is 12.7. The van der Waals surface area contributed by atoms with E-state index < -0.39 is 6.10 Å². The Balaban J connectivity index is 3.59. The summed E-state index contributed by atoms with van der Waals surface area (Å²) >= 11 is 0. The molecule has 4 heteroatoms. The number of carbonyl (C=O) groups is 1. The van der Waals surface area contributed by atoms with Crippen molar-refractivity contribution in [3.05, 3.63) is 0 Å². The minimum atomic E-state index is -0.470. The van der Waals surface area contributed by atoms with Gasteiger partial charge < -0.3 is 15.1 Å². The van der Waals surface area contributed by atoms with Crippen LogP contribution < -0.4 is 0 Å². The predicted molar refractivity (Wildman–Crippen MR) is 54.9 cm³/mol. The lowest BCUT2D eigenvalue weighted by atomic mass is 10.1. The molecule has 0 heterocycles. The van der Waals surface area contributed by atoms with Gasteiger partial charge in [-0.25, -0.2) is 0 Å². The fourth-order valence-corrected chi connectivity index (χ4v) is 1.27. The molecule has 4 nitrogen and oxygen atoms in total. The minimum Gasteiger partial charge on any atom is -0.396 e. The van der Waals surface area contributed by atoms with Crippen molar-refractivity contribution in [2.75, 3.05) is 20.2 Å². The zero-order valence-corrected chi connectivity index (χ0v) is 9.07. The maximum absolute atomic E-state index is 11.2. The maximum atomic E-state index is 11.2. The molecule has 0 radical (unpaired) electrons. The number of aliphatic hydroxyl groups is 2. The molecule has 1 amide bonds. The lowest BCUT2D eigenvalue weighted by molar-refractivity contribution is -0.130. The first kappa shape index (κ1) is 13.4. The van der Waals surface area contributed by atoms with Gasteiger partial charge in [0, 0.05) is 26.6 Å². The number of aliphatic hydroxyl groups excluding tert-OH is 2. The van der Waals surface area contributed by atoms with Gasteiger partial charge in [-0.15, -0.1) is 0 Å². The average molecular weight is 203 g/mol. The molecule has 1 atom stereocenters. The second-order valence-electron chi connectivity index (χ2n) is 3.50. The molecule has 0 aromatic carbocycles. The van der Waals surface area contributed by atoms with E-state index in [1.54, 1.807) is 18.9 Å². The molecule has 0 saturated carbocycles. The molecule has 0 saturated heterocycles. The lowest BCUT2D eigenvalue weighted by Crippen LogP contribution is -2.33. The van der Waals surface area contributed by atoms with Crippen molar-refractivity contribution in [1.29, 1.82) is 0 Å². The number of hydrogen-bond donors (Lipinski definition) is 2. The largest absolute Gasteiger partial charge is 0.396 e. The van der Waals surface area contributed by atoms with Gasteiger partial charge in [0.25, 0.3) is 0 Å². The summed E-state index contributed by atoms with van der Waals surface area (Å²) in [5.74, 6) is 0.0474. The van der Waals surface area contributed by atoms with E-state index >= 15 is 0 Å². The molecule has 0 aromatic rings.